The second-order valence-electron chi connectivity index (χ2n) is 33.4. The van der Waals surface area contributed by atoms with Gasteiger partial charge in [-0.25, -0.2) is 28.9 Å². The maximum absolute atomic E-state index is 14.9. The molecular formula is C87H128N8O21. The molecule has 0 saturated carbocycles. The van der Waals surface area contributed by atoms with Crippen molar-refractivity contribution in [3.63, 3.8) is 0 Å². The molecule has 2 unspecified atom stereocenters. The third-order valence-electron chi connectivity index (χ3n) is 24.7. The van der Waals surface area contributed by atoms with Crippen molar-refractivity contribution >= 4 is 53.2 Å². The molecule has 9 rings (SSSR count). The van der Waals surface area contributed by atoms with Crippen LogP contribution in [0.4, 0.5) is 9.59 Å². The predicted molar refractivity (Wildman–Crippen MR) is 429 cm³/mol. The second-order valence-corrected chi connectivity index (χ2v) is 33.4. The Balaban J connectivity index is 0.000000291. The van der Waals surface area contributed by atoms with Crippen LogP contribution in [0.25, 0.3) is 11.3 Å². The molecule has 4 saturated heterocycles. The zero-order valence-electron chi connectivity index (χ0n) is 72.3. The smallest absolute Gasteiger partial charge is 0.420 e. The number of carbonyl (C=O) groups excluding carboxylic acids is 9. The number of benzene rings is 1. The molecule has 3 aromatic heterocycles. The Morgan fingerprint density at radius 3 is 1.75 bits per heavy atom. The molecule has 642 valence electrons. The number of Topliss-reactive ketones (excluding diaryl/α,β-unsaturated/α-hetero) is 4. The molecule has 29 nitrogen and oxygen atoms in total. The summed E-state index contributed by atoms with van der Waals surface area (Å²) in [4.78, 5) is 145. The molecule has 0 spiro atoms. The summed E-state index contributed by atoms with van der Waals surface area (Å²) in [5.41, 5.74) is -3.14. The lowest BCUT2D eigenvalue weighted by molar-refractivity contribution is -0.295. The zero-order valence-corrected chi connectivity index (χ0v) is 72.3. The molecule has 4 fully saturated rings. The molecular weight excluding hydrogens is 1490 g/mol. The number of aliphatic hydroxyl groups excluding tert-OH is 1. The fraction of sp³-hybridized carbons (Fsp3) is 0.678. The van der Waals surface area contributed by atoms with Crippen LogP contribution in [0.5, 0.6) is 0 Å². The van der Waals surface area contributed by atoms with Crippen LogP contribution in [-0.2, 0) is 87.4 Å². The monoisotopic (exact) mass is 1620 g/mol. The van der Waals surface area contributed by atoms with Gasteiger partial charge >= 0.3 is 30.1 Å². The van der Waals surface area contributed by atoms with Gasteiger partial charge in [0.05, 0.1) is 59.0 Å². The maximum Gasteiger partial charge on any atom is 0.420 e. The van der Waals surface area contributed by atoms with E-state index in [9.17, 15) is 48.3 Å². The second kappa shape index (κ2) is 40.2. The van der Waals surface area contributed by atoms with Gasteiger partial charge in [0.25, 0.3) is 0 Å². The lowest BCUT2D eigenvalue weighted by atomic mass is 9.72. The van der Waals surface area contributed by atoms with Gasteiger partial charge in [-0.15, -0.1) is 0 Å². The minimum absolute atomic E-state index is 0.0770. The summed E-state index contributed by atoms with van der Waals surface area (Å²) in [6, 6.07) is 11.0. The maximum atomic E-state index is 14.9. The van der Waals surface area contributed by atoms with Crippen LogP contribution in [0.2, 0.25) is 0 Å². The molecule has 24 atom stereocenters. The summed E-state index contributed by atoms with van der Waals surface area (Å²) in [5.74, 6) is -9.27. The van der Waals surface area contributed by atoms with Crippen LogP contribution >= 0.6 is 0 Å². The number of unbranched alkanes of at least 4 members (excludes halogenated alkanes) is 1. The Morgan fingerprint density at radius 2 is 1.22 bits per heavy atom. The number of cyclic esters (lactones) is 2. The molecule has 29 heteroatoms. The number of hydrogen-bond donors (Lipinski definition) is 1. The Labute approximate surface area is 684 Å². The average Bonchev–Trinajstić information content (AvgIpc) is 1.55. The van der Waals surface area contributed by atoms with Crippen molar-refractivity contribution < 1.29 is 100 Å². The minimum atomic E-state index is -1.57. The molecule has 116 heavy (non-hydrogen) atoms. The van der Waals surface area contributed by atoms with Gasteiger partial charge in [0.1, 0.15) is 48.1 Å². The molecule has 1 N–H and O–H groups in total. The van der Waals surface area contributed by atoms with Crippen molar-refractivity contribution in [2.75, 3.05) is 49.0 Å². The van der Waals surface area contributed by atoms with E-state index in [0.717, 1.165) is 21.6 Å². The van der Waals surface area contributed by atoms with Crippen LogP contribution in [-0.4, -0.2) is 248 Å². The van der Waals surface area contributed by atoms with E-state index >= 15 is 0 Å². The number of ketones is 4. The number of ether oxygens (including phenoxy) is 11. The summed E-state index contributed by atoms with van der Waals surface area (Å²) in [6.07, 6.45) is 4.31. The van der Waals surface area contributed by atoms with E-state index in [2.05, 4.69) is 14.5 Å². The minimum Gasteiger partial charge on any atom is -0.457 e. The molecule has 0 aliphatic carbocycles. The number of pyridine rings is 1. The number of aryl methyl sites for hydroxylation is 2. The van der Waals surface area contributed by atoms with Gasteiger partial charge < -0.3 is 76.5 Å². The number of allylic oxidation sites excluding steroid dienone is 1. The van der Waals surface area contributed by atoms with E-state index in [1.807, 2.05) is 105 Å². The number of likely N-dealkylation sites (N-methyl/N-ethyl adjacent to an activating group) is 2. The number of hydrogen-bond acceptors (Lipinski definition) is 26. The third-order valence-corrected chi connectivity index (χ3v) is 24.7. The fourth-order valence-corrected chi connectivity index (χ4v) is 17.9. The van der Waals surface area contributed by atoms with Crippen LogP contribution < -0.4 is 0 Å². The van der Waals surface area contributed by atoms with Crippen LogP contribution in [0, 0.1) is 48.3 Å². The Hall–Kier alpha value is -8.00. The van der Waals surface area contributed by atoms with E-state index in [4.69, 9.17) is 57.1 Å². The van der Waals surface area contributed by atoms with Gasteiger partial charge in [-0.3, -0.25) is 33.8 Å². The number of aliphatic hydroxyl groups is 1. The van der Waals surface area contributed by atoms with Crippen molar-refractivity contribution in [1.82, 2.24) is 38.8 Å². The number of rotatable bonds is 21. The summed E-state index contributed by atoms with van der Waals surface area (Å²) in [6.45, 7) is 30.8. The first kappa shape index (κ1) is 93.5. The van der Waals surface area contributed by atoms with E-state index in [0.29, 0.717) is 44.3 Å². The predicted octanol–water partition coefficient (Wildman–Crippen LogP) is 11.4. The molecule has 0 bridgehead atoms. The molecule has 1 amide bonds. The first-order valence-corrected chi connectivity index (χ1v) is 41.1. The number of esters is 3. The number of nitrogens with zero attached hydrogens (tertiary/aromatic N) is 8. The molecule has 1 aromatic carbocycles. The van der Waals surface area contributed by atoms with E-state index in [1.165, 1.54) is 46.8 Å². The molecule has 8 heterocycles. The lowest BCUT2D eigenvalue weighted by Crippen LogP contribution is -2.61. The number of carbonyl (C=O) groups is 9. The number of imidazole rings is 2. The van der Waals surface area contributed by atoms with Gasteiger partial charge in [0.2, 0.25) is 0 Å². The van der Waals surface area contributed by atoms with Gasteiger partial charge in [-0.2, -0.15) is 0 Å². The first-order chi connectivity index (χ1) is 54.7. The Kier molecular flexibility index (Phi) is 32.4. The van der Waals surface area contributed by atoms with E-state index in [-0.39, 0.29) is 80.0 Å². The third kappa shape index (κ3) is 20.8. The highest BCUT2D eigenvalue weighted by Crippen LogP contribution is 2.46. The van der Waals surface area contributed by atoms with Gasteiger partial charge in [-0.05, 0) is 184 Å². The number of amides is 1. The summed E-state index contributed by atoms with van der Waals surface area (Å²) < 4.78 is 72.5. The summed E-state index contributed by atoms with van der Waals surface area (Å²) in [7, 11) is 10.5. The lowest BCUT2D eigenvalue weighted by Gasteiger charge is -2.47. The van der Waals surface area contributed by atoms with Crippen LogP contribution in [0.15, 0.2) is 91.4 Å². The fourth-order valence-electron chi connectivity index (χ4n) is 17.9. The molecule has 0 radical (unpaired) electrons. The van der Waals surface area contributed by atoms with Crippen molar-refractivity contribution in [1.29, 1.82) is 0 Å². The molecule has 4 aromatic rings. The van der Waals surface area contributed by atoms with Gasteiger partial charge in [0.15, 0.2) is 47.2 Å². The highest BCUT2D eigenvalue weighted by atomic mass is 16.7. The number of aromatic nitrogens is 5. The standard InChI is InChI=1S/C45H69N5O10.C42H59N3O11/c1-13-35-45(14-2)39(50(43(55)60-45)21-16-15-20-49-25-33(47-31(49)8)32-18-17-19-46-24-32)28(5)36(51)26(3)23-44(9,56-12)40(29(6)37(52)30(7)41(54)58-35)59-42-38(53)34(48(10)11)22-27(4)57-42;1-12-32-42(13-2,56-40(50)45-20-19-43-24-45)23-26(4)33(46)25(3)22-41(8,51-11)36(28(6)34(47)29(7)37(48)53-32)55-39-35(31(44(9)10)21-27(5)52-39)54-38(49)30-17-15-14-16-18-30/h17-19,24-30,34-35,38-40,42,53H,13-16,20-23H2,1-12H3;14-20,23-25,27-29,31-32,35-36,39H,12-13,21-22H2,1-11H3/b;26-23+/t26-,27-,28+,29+,30-,34+,35-,38-,39-,40-,42?,44+,45-;25-,27-,28+,29-,31+,32-,35-,36-,39?,41+,42+/m11/s1. The van der Waals surface area contributed by atoms with Crippen molar-refractivity contribution in [2.45, 2.75) is 290 Å². The molecule has 5 aliphatic rings. The average molecular weight is 1620 g/mol. The SMILES string of the molecule is CC[C@H]1OC(=O)[C@H](C)C(=O)[C@H](C)[C@@H](OC2O[C@H](C)C[C@H](N(C)C)[C@H]2O)[C@@](C)(OC)C[C@@H](C)C(=O)[C@H](C)[C@H]2N(CCCCn3cc(-c4cccnc4)nc3C)C(=O)O[C@]12CC.CC[C@H]1OC(=O)[C@H](C)C(=O)[C@H](C)[C@@H](OC2O[C@H](C)C[C@H](N(C)C)[C@H]2OC(=O)c2ccccc2)[C@@](C)(OC)C[C@@H](C)C(=O)/C(C)=C/[C@]1(CC)OC(=O)n1ccnc1. The van der Waals surface area contributed by atoms with Gasteiger partial charge in [0, 0.05) is 99.5 Å². The summed E-state index contributed by atoms with van der Waals surface area (Å²) >= 11 is 0. The van der Waals surface area contributed by atoms with Crippen LogP contribution in [0.1, 0.15) is 191 Å². The Bertz CT molecular complexity index is 4030. The van der Waals surface area contributed by atoms with E-state index in [1.54, 1.807) is 109 Å². The van der Waals surface area contributed by atoms with Crippen molar-refractivity contribution in [2.24, 2.45) is 41.4 Å². The summed E-state index contributed by atoms with van der Waals surface area (Å²) in [5, 5.41) is 11.5. The quantitative estimate of drug-likeness (QED) is 0.0350. The number of fused-ring (bicyclic) bond motifs is 1. The largest absolute Gasteiger partial charge is 0.457 e. The normalized spacial score (nSPS) is 35.2. The first-order valence-electron chi connectivity index (χ1n) is 41.1. The molecule has 5 aliphatic heterocycles. The zero-order chi connectivity index (χ0) is 85.8. The van der Waals surface area contributed by atoms with E-state index < -0.39 is 161 Å². The van der Waals surface area contributed by atoms with Gasteiger partial charge in [-0.1, -0.05) is 80.5 Å². The Morgan fingerprint density at radius 1 is 0.655 bits per heavy atom. The van der Waals surface area contributed by atoms with Crippen molar-refractivity contribution in [3.05, 3.63) is 103 Å². The van der Waals surface area contributed by atoms with Crippen LogP contribution in [0.3, 0.4) is 0 Å². The topological polar surface area (TPSA) is 334 Å². The van der Waals surface area contributed by atoms with Crippen molar-refractivity contribution in [3.8, 4) is 11.3 Å². The number of methoxy groups -OCH3 is 2. The highest BCUT2D eigenvalue weighted by Gasteiger charge is 2.62. The highest BCUT2D eigenvalue weighted by molar-refractivity contribution is 6.01.